The smallest absolute Gasteiger partial charge is 0.325 e. The fraction of sp³-hybridized carbons (Fsp3) is 0.200. The van der Waals surface area contributed by atoms with E-state index in [2.05, 4.69) is 21.2 Å². The van der Waals surface area contributed by atoms with E-state index in [0.717, 1.165) is 5.56 Å². The molecule has 0 saturated heterocycles. The molecule has 0 heterocycles. The standard InChI is InChI=1S/C20H20Cl2N4O3/c1-11-7-8-14(21)10-17(11)23-18(27)9-12(2)25-26-20(29)19(28)24-16-6-4-5-15(22)13(16)3/h4-8,10H,9H2,1-3H3,(H,23,27)(H,24,28)(H,26,29)/b25-12+. The fourth-order valence-electron chi connectivity index (χ4n) is 2.31. The minimum absolute atomic E-state index is 0.0682. The van der Waals surface area contributed by atoms with E-state index >= 15 is 0 Å². The van der Waals surface area contributed by atoms with Gasteiger partial charge in [0.15, 0.2) is 0 Å². The zero-order chi connectivity index (χ0) is 21.6. The van der Waals surface area contributed by atoms with Crippen LogP contribution in [0.3, 0.4) is 0 Å². The van der Waals surface area contributed by atoms with Crippen molar-refractivity contribution in [3.63, 3.8) is 0 Å². The molecule has 0 saturated carbocycles. The van der Waals surface area contributed by atoms with Crippen molar-refractivity contribution in [2.24, 2.45) is 5.10 Å². The molecule has 2 aromatic carbocycles. The molecule has 2 aromatic rings. The van der Waals surface area contributed by atoms with Gasteiger partial charge in [-0.15, -0.1) is 0 Å². The number of benzene rings is 2. The van der Waals surface area contributed by atoms with Crippen molar-refractivity contribution in [1.29, 1.82) is 0 Å². The Balaban J connectivity index is 1.90. The zero-order valence-corrected chi connectivity index (χ0v) is 17.6. The third-order valence-corrected chi connectivity index (χ3v) is 4.61. The summed E-state index contributed by atoms with van der Waals surface area (Å²) >= 11 is 11.9. The van der Waals surface area contributed by atoms with Crippen LogP contribution in [0.5, 0.6) is 0 Å². The van der Waals surface area contributed by atoms with Crippen molar-refractivity contribution in [3.8, 4) is 0 Å². The molecule has 0 radical (unpaired) electrons. The predicted octanol–water partition coefficient (Wildman–Crippen LogP) is 4.07. The minimum Gasteiger partial charge on any atom is -0.325 e. The molecule has 152 valence electrons. The quantitative estimate of drug-likeness (QED) is 0.375. The number of nitrogens with one attached hydrogen (secondary N) is 3. The average Bonchev–Trinajstić information content (AvgIpc) is 2.66. The Morgan fingerprint density at radius 2 is 1.69 bits per heavy atom. The van der Waals surface area contributed by atoms with Gasteiger partial charge in [-0.3, -0.25) is 14.4 Å². The molecule has 2 rings (SSSR count). The van der Waals surface area contributed by atoms with E-state index < -0.39 is 11.8 Å². The van der Waals surface area contributed by atoms with Crippen LogP contribution >= 0.6 is 23.2 Å². The first-order chi connectivity index (χ1) is 13.7. The molecule has 0 atom stereocenters. The Labute approximate surface area is 178 Å². The number of carbonyl (C=O) groups excluding carboxylic acids is 3. The van der Waals surface area contributed by atoms with Gasteiger partial charge >= 0.3 is 11.8 Å². The van der Waals surface area contributed by atoms with Crippen LogP contribution in [0.4, 0.5) is 11.4 Å². The first-order valence-corrected chi connectivity index (χ1v) is 9.38. The van der Waals surface area contributed by atoms with E-state index in [4.69, 9.17) is 23.2 Å². The van der Waals surface area contributed by atoms with Crippen LogP contribution in [0.15, 0.2) is 41.5 Å². The third-order valence-electron chi connectivity index (χ3n) is 3.96. The van der Waals surface area contributed by atoms with Crippen molar-refractivity contribution in [1.82, 2.24) is 5.43 Å². The van der Waals surface area contributed by atoms with E-state index in [1.807, 2.05) is 6.92 Å². The number of anilines is 2. The average molecular weight is 435 g/mol. The van der Waals surface area contributed by atoms with Gasteiger partial charge in [0.05, 0.1) is 6.42 Å². The Bertz CT molecular complexity index is 990. The lowest BCUT2D eigenvalue weighted by atomic mass is 10.2. The molecular formula is C20H20Cl2N4O3. The summed E-state index contributed by atoms with van der Waals surface area (Å²) in [5, 5.41) is 9.96. The molecule has 3 amide bonds. The third kappa shape index (κ3) is 6.58. The highest BCUT2D eigenvalue weighted by Crippen LogP contribution is 2.23. The summed E-state index contributed by atoms with van der Waals surface area (Å²) in [6, 6.07) is 10.1. The van der Waals surface area contributed by atoms with E-state index in [1.165, 1.54) is 0 Å². The molecule has 0 aromatic heterocycles. The van der Waals surface area contributed by atoms with Crippen LogP contribution in [0.25, 0.3) is 0 Å². The first kappa shape index (κ1) is 22.4. The molecule has 29 heavy (non-hydrogen) atoms. The van der Waals surface area contributed by atoms with E-state index in [-0.39, 0.29) is 12.3 Å². The van der Waals surface area contributed by atoms with Crippen LogP contribution in [-0.4, -0.2) is 23.4 Å². The molecule has 0 aliphatic carbocycles. The molecular weight excluding hydrogens is 415 g/mol. The highest BCUT2D eigenvalue weighted by molar-refractivity contribution is 6.40. The molecule has 0 aliphatic heterocycles. The summed E-state index contributed by atoms with van der Waals surface area (Å²) in [6.45, 7) is 5.12. The van der Waals surface area contributed by atoms with Crippen molar-refractivity contribution in [2.45, 2.75) is 27.2 Å². The van der Waals surface area contributed by atoms with Gasteiger partial charge < -0.3 is 10.6 Å². The highest BCUT2D eigenvalue weighted by atomic mass is 35.5. The number of hydrogen-bond acceptors (Lipinski definition) is 4. The molecule has 0 unspecified atom stereocenters. The summed E-state index contributed by atoms with van der Waals surface area (Å²) in [4.78, 5) is 36.1. The number of halogens is 2. The van der Waals surface area contributed by atoms with Gasteiger partial charge in [-0.25, -0.2) is 5.43 Å². The van der Waals surface area contributed by atoms with Gasteiger partial charge in [0.1, 0.15) is 0 Å². The topological polar surface area (TPSA) is 99.7 Å². The summed E-state index contributed by atoms with van der Waals surface area (Å²) < 4.78 is 0. The Morgan fingerprint density at radius 1 is 0.966 bits per heavy atom. The van der Waals surface area contributed by atoms with Crippen molar-refractivity contribution >= 4 is 58.0 Å². The van der Waals surface area contributed by atoms with Crippen LogP contribution in [-0.2, 0) is 14.4 Å². The van der Waals surface area contributed by atoms with E-state index in [9.17, 15) is 14.4 Å². The molecule has 0 bridgehead atoms. The minimum atomic E-state index is -0.963. The maximum Gasteiger partial charge on any atom is 0.329 e. The predicted molar refractivity (Wildman–Crippen MR) is 116 cm³/mol. The number of nitrogens with zero attached hydrogens (tertiary/aromatic N) is 1. The maximum atomic E-state index is 12.1. The van der Waals surface area contributed by atoms with Gasteiger partial charge in [0, 0.05) is 27.1 Å². The Kier molecular flexibility index (Phi) is 7.75. The SMILES string of the molecule is C/C(CC(=O)Nc1cc(Cl)ccc1C)=N\NC(=O)C(=O)Nc1cccc(Cl)c1C. The van der Waals surface area contributed by atoms with Gasteiger partial charge in [-0.05, 0) is 56.2 Å². The Hall–Kier alpha value is -2.90. The number of aryl methyl sites for hydroxylation is 1. The van der Waals surface area contributed by atoms with Gasteiger partial charge in [-0.2, -0.15) is 5.10 Å². The fourth-order valence-corrected chi connectivity index (χ4v) is 2.66. The monoisotopic (exact) mass is 434 g/mol. The largest absolute Gasteiger partial charge is 0.329 e. The number of amides is 3. The normalized spacial score (nSPS) is 11.0. The highest BCUT2D eigenvalue weighted by Gasteiger charge is 2.15. The molecule has 0 aliphatic rings. The van der Waals surface area contributed by atoms with Gasteiger partial charge in [0.2, 0.25) is 5.91 Å². The summed E-state index contributed by atoms with van der Waals surface area (Å²) in [5.74, 6) is -2.19. The lowest BCUT2D eigenvalue weighted by molar-refractivity contribution is -0.136. The van der Waals surface area contributed by atoms with Crippen molar-refractivity contribution < 1.29 is 14.4 Å². The zero-order valence-electron chi connectivity index (χ0n) is 16.1. The number of carbonyl (C=O) groups is 3. The summed E-state index contributed by atoms with van der Waals surface area (Å²) in [5.41, 5.74) is 4.97. The van der Waals surface area contributed by atoms with Crippen LogP contribution in [0.1, 0.15) is 24.5 Å². The number of rotatable bonds is 5. The van der Waals surface area contributed by atoms with Gasteiger partial charge in [-0.1, -0.05) is 35.3 Å². The summed E-state index contributed by atoms with van der Waals surface area (Å²) in [6.07, 6.45) is -0.0682. The lowest BCUT2D eigenvalue weighted by Crippen LogP contribution is -2.33. The van der Waals surface area contributed by atoms with E-state index in [0.29, 0.717) is 32.7 Å². The maximum absolute atomic E-state index is 12.1. The Morgan fingerprint density at radius 3 is 2.41 bits per heavy atom. The lowest BCUT2D eigenvalue weighted by Gasteiger charge is -2.09. The van der Waals surface area contributed by atoms with Crippen molar-refractivity contribution in [3.05, 3.63) is 57.6 Å². The van der Waals surface area contributed by atoms with Gasteiger partial charge in [0.25, 0.3) is 0 Å². The molecule has 7 nitrogen and oxygen atoms in total. The molecule has 0 fully saturated rings. The first-order valence-electron chi connectivity index (χ1n) is 8.63. The second-order valence-electron chi connectivity index (χ2n) is 6.34. The second-order valence-corrected chi connectivity index (χ2v) is 7.18. The molecule has 0 spiro atoms. The second kappa shape index (κ2) is 10.0. The molecule has 9 heteroatoms. The van der Waals surface area contributed by atoms with Crippen LogP contribution in [0.2, 0.25) is 10.0 Å². The van der Waals surface area contributed by atoms with Crippen molar-refractivity contribution in [2.75, 3.05) is 10.6 Å². The molecule has 3 N–H and O–H groups in total. The van der Waals surface area contributed by atoms with Crippen LogP contribution in [0, 0.1) is 13.8 Å². The van der Waals surface area contributed by atoms with E-state index in [1.54, 1.807) is 50.2 Å². The number of hydrazone groups is 1. The summed E-state index contributed by atoms with van der Waals surface area (Å²) in [7, 11) is 0. The number of hydrogen-bond donors (Lipinski definition) is 3. The van der Waals surface area contributed by atoms with Crippen LogP contribution < -0.4 is 16.1 Å².